The highest BCUT2D eigenvalue weighted by molar-refractivity contribution is 5.59. The van der Waals surface area contributed by atoms with Gasteiger partial charge in [-0.25, -0.2) is 0 Å². The lowest BCUT2D eigenvalue weighted by atomic mass is 9.83. The van der Waals surface area contributed by atoms with E-state index in [2.05, 4.69) is 12.1 Å². The van der Waals surface area contributed by atoms with Crippen molar-refractivity contribution in [1.29, 1.82) is 0 Å². The smallest absolute Gasteiger partial charge is 0.0464 e. The quantitative estimate of drug-likeness (QED) is 0.393. The third-order valence-corrected chi connectivity index (χ3v) is 2.75. The van der Waals surface area contributed by atoms with Gasteiger partial charge in [0, 0.05) is 6.21 Å². The van der Waals surface area contributed by atoms with Gasteiger partial charge in [-0.3, -0.25) is 0 Å². The maximum Gasteiger partial charge on any atom is 0.0464 e. The molecule has 1 N–H and O–H groups in total. The molecule has 0 aromatic carbocycles. The van der Waals surface area contributed by atoms with Crippen molar-refractivity contribution in [3.63, 3.8) is 0 Å². The fourth-order valence-corrected chi connectivity index (χ4v) is 2.12. The first-order valence-electron chi connectivity index (χ1n) is 5.00. The number of rotatable bonds is 3. The average Bonchev–Trinajstić information content (AvgIpc) is 2.06. The first-order valence-corrected chi connectivity index (χ1v) is 5.00. The van der Waals surface area contributed by atoms with Crippen LogP contribution in [-0.2, 0) is 0 Å². The Morgan fingerprint density at radius 3 is 2.67 bits per heavy atom. The molecule has 0 heterocycles. The Hall–Kier alpha value is -0.530. The molecule has 0 aromatic heterocycles. The van der Waals surface area contributed by atoms with Crippen molar-refractivity contribution < 1.29 is 5.21 Å². The summed E-state index contributed by atoms with van der Waals surface area (Å²) in [6.45, 7) is 2.12. The molecule has 0 spiro atoms. The van der Waals surface area contributed by atoms with E-state index < -0.39 is 0 Å². The standard InChI is InChI=1S/C10H19NO/c1-9(8-11-12)7-10-5-3-2-4-6-10/h8-10,12H,2-7H2,1H3. The van der Waals surface area contributed by atoms with Crippen LogP contribution in [0.5, 0.6) is 0 Å². The first kappa shape index (κ1) is 9.56. The van der Waals surface area contributed by atoms with E-state index in [0.717, 1.165) is 5.92 Å². The number of oxime groups is 1. The van der Waals surface area contributed by atoms with Gasteiger partial charge in [0.25, 0.3) is 0 Å². The minimum absolute atomic E-state index is 0.443. The van der Waals surface area contributed by atoms with Crippen LogP contribution in [0.15, 0.2) is 5.16 Å². The number of hydrogen-bond acceptors (Lipinski definition) is 2. The molecule has 0 bridgehead atoms. The molecule has 1 unspecified atom stereocenters. The van der Waals surface area contributed by atoms with Crippen LogP contribution in [0.2, 0.25) is 0 Å². The van der Waals surface area contributed by atoms with Gasteiger partial charge in [-0.05, 0) is 18.3 Å². The van der Waals surface area contributed by atoms with Gasteiger partial charge in [0.15, 0.2) is 0 Å². The Labute approximate surface area is 74.7 Å². The minimum Gasteiger partial charge on any atom is -0.411 e. The molecule has 1 saturated carbocycles. The molecule has 12 heavy (non-hydrogen) atoms. The second-order valence-corrected chi connectivity index (χ2v) is 3.98. The van der Waals surface area contributed by atoms with Crippen LogP contribution in [0.3, 0.4) is 0 Å². The molecule has 1 aliphatic rings. The zero-order valence-electron chi connectivity index (χ0n) is 7.87. The molecule has 0 amide bonds. The van der Waals surface area contributed by atoms with E-state index in [1.807, 2.05) is 0 Å². The van der Waals surface area contributed by atoms with Gasteiger partial charge in [0.1, 0.15) is 0 Å². The highest BCUT2D eigenvalue weighted by Gasteiger charge is 2.15. The molecular weight excluding hydrogens is 150 g/mol. The highest BCUT2D eigenvalue weighted by Crippen LogP contribution is 2.28. The van der Waals surface area contributed by atoms with Crippen molar-refractivity contribution in [1.82, 2.24) is 0 Å². The third kappa shape index (κ3) is 3.24. The summed E-state index contributed by atoms with van der Waals surface area (Å²) >= 11 is 0. The summed E-state index contributed by atoms with van der Waals surface area (Å²) in [5, 5.41) is 11.4. The van der Waals surface area contributed by atoms with Crippen molar-refractivity contribution >= 4 is 6.21 Å². The highest BCUT2D eigenvalue weighted by atomic mass is 16.4. The van der Waals surface area contributed by atoms with Crippen LogP contribution in [-0.4, -0.2) is 11.4 Å². The fraction of sp³-hybridized carbons (Fsp3) is 0.900. The van der Waals surface area contributed by atoms with Gasteiger partial charge in [0.05, 0.1) is 0 Å². The molecule has 1 atom stereocenters. The van der Waals surface area contributed by atoms with Crippen LogP contribution in [0, 0.1) is 11.8 Å². The van der Waals surface area contributed by atoms with E-state index in [1.54, 1.807) is 6.21 Å². The molecule has 0 saturated heterocycles. The normalized spacial score (nSPS) is 23.1. The van der Waals surface area contributed by atoms with Crippen LogP contribution >= 0.6 is 0 Å². The summed E-state index contributed by atoms with van der Waals surface area (Å²) in [5.74, 6) is 1.32. The van der Waals surface area contributed by atoms with Crippen molar-refractivity contribution in [2.45, 2.75) is 45.4 Å². The van der Waals surface area contributed by atoms with E-state index in [1.165, 1.54) is 38.5 Å². The lowest BCUT2D eigenvalue weighted by molar-refractivity contribution is 0.305. The molecule has 1 rings (SSSR count). The van der Waals surface area contributed by atoms with E-state index in [4.69, 9.17) is 5.21 Å². The summed E-state index contributed by atoms with van der Waals surface area (Å²) in [6.07, 6.45) is 9.81. The van der Waals surface area contributed by atoms with Gasteiger partial charge in [0.2, 0.25) is 0 Å². The van der Waals surface area contributed by atoms with Gasteiger partial charge in [-0.2, -0.15) is 0 Å². The largest absolute Gasteiger partial charge is 0.411 e. The monoisotopic (exact) mass is 169 g/mol. The molecule has 0 aromatic rings. The summed E-state index contributed by atoms with van der Waals surface area (Å²) in [4.78, 5) is 0. The molecule has 70 valence electrons. The van der Waals surface area contributed by atoms with E-state index >= 15 is 0 Å². The Morgan fingerprint density at radius 2 is 2.08 bits per heavy atom. The zero-order valence-corrected chi connectivity index (χ0v) is 7.87. The third-order valence-electron chi connectivity index (χ3n) is 2.75. The van der Waals surface area contributed by atoms with E-state index in [0.29, 0.717) is 5.92 Å². The van der Waals surface area contributed by atoms with E-state index in [-0.39, 0.29) is 0 Å². The summed E-state index contributed by atoms with van der Waals surface area (Å²) < 4.78 is 0. The Morgan fingerprint density at radius 1 is 1.42 bits per heavy atom. The van der Waals surface area contributed by atoms with Gasteiger partial charge >= 0.3 is 0 Å². The van der Waals surface area contributed by atoms with Crippen LogP contribution in [0.4, 0.5) is 0 Å². The second-order valence-electron chi connectivity index (χ2n) is 3.98. The van der Waals surface area contributed by atoms with Crippen LogP contribution in [0.25, 0.3) is 0 Å². The maximum atomic E-state index is 8.34. The predicted octanol–water partition coefficient (Wildman–Crippen LogP) is 3.05. The van der Waals surface area contributed by atoms with Crippen molar-refractivity contribution in [2.75, 3.05) is 0 Å². The van der Waals surface area contributed by atoms with E-state index in [9.17, 15) is 0 Å². The SMILES string of the molecule is CC(C=NO)CC1CCCCC1. The second kappa shape index (κ2) is 5.18. The maximum absolute atomic E-state index is 8.34. The Balaban J connectivity index is 2.19. The molecule has 0 aliphatic heterocycles. The lowest BCUT2D eigenvalue weighted by Gasteiger charge is -2.22. The lowest BCUT2D eigenvalue weighted by Crippen LogP contribution is -2.11. The Bertz CT molecular complexity index is 139. The van der Waals surface area contributed by atoms with Crippen molar-refractivity contribution in [3.8, 4) is 0 Å². The molecule has 0 radical (unpaired) electrons. The molecule has 1 aliphatic carbocycles. The molecule has 2 nitrogen and oxygen atoms in total. The number of hydrogen-bond donors (Lipinski definition) is 1. The molecule has 1 fully saturated rings. The topological polar surface area (TPSA) is 32.6 Å². The van der Waals surface area contributed by atoms with Gasteiger partial charge in [-0.15, -0.1) is 5.16 Å². The summed E-state index contributed by atoms with van der Waals surface area (Å²) in [7, 11) is 0. The Kier molecular flexibility index (Phi) is 4.12. The van der Waals surface area contributed by atoms with Crippen molar-refractivity contribution in [2.24, 2.45) is 17.0 Å². The van der Waals surface area contributed by atoms with Gasteiger partial charge < -0.3 is 5.21 Å². The van der Waals surface area contributed by atoms with Crippen LogP contribution < -0.4 is 0 Å². The molecule has 2 heteroatoms. The minimum atomic E-state index is 0.443. The van der Waals surface area contributed by atoms with Gasteiger partial charge in [-0.1, -0.05) is 39.0 Å². The number of nitrogens with zero attached hydrogens (tertiary/aromatic N) is 1. The van der Waals surface area contributed by atoms with Crippen molar-refractivity contribution in [3.05, 3.63) is 0 Å². The fourth-order valence-electron chi connectivity index (χ4n) is 2.12. The summed E-state index contributed by atoms with van der Waals surface area (Å²) in [6, 6.07) is 0. The predicted molar refractivity (Wildman–Crippen MR) is 50.6 cm³/mol. The summed E-state index contributed by atoms with van der Waals surface area (Å²) in [5.41, 5.74) is 0. The average molecular weight is 169 g/mol. The first-order chi connectivity index (χ1) is 5.83. The van der Waals surface area contributed by atoms with Crippen LogP contribution in [0.1, 0.15) is 45.4 Å². The zero-order chi connectivity index (χ0) is 8.81. The molecular formula is C10H19NO.